The fourth-order valence-corrected chi connectivity index (χ4v) is 3.98. The molecule has 0 heterocycles. The van der Waals surface area contributed by atoms with Crippen LogP contribution in [0, 0.1) is 29.1 Å². The van der Waals surface area contributed by atoms with Gasteiger partial charge >= 0.3 is 5.97 Å². The lowest BCUT2D eigenvalue weighted by molar-refractivity contribution is -0.164. The van der Waals surface area contributed by atoms with Gasteiger partial charge in [0.1, 0.15) is 0 Å². The van der Waals surface area contributed by atoms with Gasteiger partial charge in [0.05, 0.1) is 6.61 Å². The lowest BCUT2D eigenvalue weighted by Crippen LogP contribution is -2.56. The van der Waals surface area contributed by atoms with E-state index in [0.717, 1.165) is 17.8 Å². The minimum atomic E-state index is -0.137. The number of hydrogen-bond acceptors (Lipinski definition) is 2. The van der Waals surface area contributed by atoms with Crippen molar-refractivity contribution < 1.29 is 9.53 Å². The molecule has 86 valence electrons. The number of fused-ring (bicyclic) bond motifs is 2. The van der Waals surface area contributed by atoms with Crippen molar-refractivity contribution >= 4 is 5.97 Å². The van der Waals surface area contributed by atoms with Gasteiger partial charge in [-0.3, -0.25) is 4.79 Å². The molecule has 2 heteroatoms. The minimum absolute atomic E-state index is 0.137. The molecule has 3 rings (SSSR count). The molecular formula is C13H22O2. The Morgan fingerprint density at radius 2 is 2.00 bits per heavy atom. The second kappa shape index (κ2) is 3.50. The molecule has 3 aliphatic rings. The van der Waals surface area contributed by atoms with Gasteiger partial charge in [-0.15, -0.1) is 0 Å². The molecule has 0 aromatic rings. The second-order valence-corrected chi connectivity index (χ2v) is 6.05. The van der Waals surface area contributed by atoms with Gasteiger partial charge in [-0.05, 0) is 41.9 Å². The van der Waals surface area contributed by atoms with Gasteiger partial charge in [0.25, 0.3) is 0 Å². The Morgan fingerprint density at radius 3 is 2.47 bits per heavy atom. The summed E-state index contributed by atoms with van der Waals surface area (Å²) in [5, 5.41) is 0. The van der Waals surface area contributed by atoms with Crippen LogP contribution in [-0.2, 0) is 9.53 Å². The van der Waals surface area contributed by atoms with Crippen LogP contribution in [0.5, 0.6) is 0 Å². The summed E-state index contributed by atoms with van der Waals surface area (Å²) in [5.41, 5.74) is 0.475. The zero-order valence-electron chi connectivity index (χ0n) is 10.2. The first-order chi connectivity index (χ1) is 6.93. The summed E-state index contributed by atoms with van der Waals surface area (Å²) in [4.78, 5) is 10.8. The van der Waals surface area contributed by atoms with E-state index >= 15 is 0 Å². The van der Waals surface area contributed by atoms with Crippen molar-refractivity contribution in [2.45, 2.75) is 40.5 Å². The standard InChI is InChI=1S/C13H22O2/c1-8-5-10(7-15-9(2)14)12-6-11(8)13(12,3)4/h8,10-12H,5-7H2,1-4H3. The van der Waals surface area contributed by atoms with Crippen LogP contribution in [0.2, 0.25) is 0 Å². The van der Waals surface area contributed by atoms with Crippen molar-refractivity contribution in [3.63, 3.8) is 0 Å². The maximum Gasteiger partial charge on any atom is 0.302 e. The Labute approximate surface area is 92.4 Å². The molecule has 0 spiro atoms. The highest BCUT2D eigenvalue weighted by atomic mass is 16.5. The highest BCUT2D eigenvalue weighted by Gasteiger charge is 2.57. The molecule has 15 heavy (non-hydrogen) atoms. The van der Waals surface area contributed by atoms with E-state index in [9.17, 15) is 4.79 Å². The van der Waals surface area contributed by atoms with Gasteiger partial charge in [-0.1, -0.05) is 20.8 Å². The Hall–Kier alpha value is -0.530. The largest absolute Gasteiger partial charge is 0.466 e. The summed E-state index contributed by atoms with van der Waals surface area (Å²) < 4.78 is 5.18. The van der Waals surface area contributed by atoms with Crippen LogP contribution < -0.4 is 0 Å². The van der Waals surface area contributed by atoms with Crippen molar-refractivity contribution in [2.75, 3.05) is 6.61 Å². The molecule has 3 saturated carbocycles. The van der Waals surface area contributed by atoms with E-state index in [0.29, 0.717) is 17.9 Å². The van der Waals surface area contributed by atoms with Gasteiger partial charge in [-0.2, -0.15) is 0 Å². The number of hydrogen-bond donors (Lipinski definition) is 0. The zero-order chi connectivity index (χ0) is 11.2. The summed E-state index contributed by atoms with van der Waals surface area (Å²) in [6, 6.07) is 0. The molecule has 0 saturated heterocycles. The van der Waals surface area contributed by atoms with Crippen LogP contribution in [0.15, 0.2) is 0 Å². The van der Waals surface area contributed by atoms with Crippen LogP contribution >= 0.6 is 0 Å². The van der Waals surface area contributed by atoms with E-state index in [2.05, 4.69) is 20.8 Å². The number of esters is 1. The third-order valence-electron chi connectivity index (χ3n) is 4.85. The monoisotopic (exact) mass is 210 g/mol. The van der Waals surface area contributed by atoms with Gasteiger partial charge in [0, 0.05) is 6.92 Å². The van der Waals surface area contributed by atoms with E-state index in [1.807, 2.05) is 0 Å². The molecule has 0 aliphatic heterocycles. The number of carbonyl (C=O) groups excluding carboxylic acids is 1. The zero-order valence-corrected chi connectivity index (χ0v) is 10.2. The average Bonchev–Trinajstić information content (AvgIpc) is 2.13. The van der Waals surface area contributed by atoms with Crippen molar-refractivity contribution in [1.29, 1.82) is 0 Å². The van der Waals surface area contributed by atoms with Crippen molar-refractivity contribution in [1.82, 2.24) is 0 Å². The van der Waals surface area contributed by atoms with Gasteiger partial charge < -0.3 is 4.74 Å². The summed E-state index contributed by atoms with van der Waals surface area (Å²) >= 11 is 0. The lowest BCUT2D eigenvalue weighted by Gasteiger charge is -2.62. The van der Waals surface area contributed by atoms with Crippen LogP contribution in [0.3, 0.4) is 0 Å². The fourth-order valence-electron chi connectivity index (χ4n) is 3.98. The molecule has 3 aliphatic carbocycles. The number of rotatable bonds is 2. The maximum atomic E-state index is 10.8. The van der Waals surface area contributed by atoms with Gasteiger partial charge in [-0.25, -0.2) is 0 Å². The SMILES string of the molecule is CC(=O)OCC1CC(C)C2CC1C2(C)C. The van der Waals surface area contributed by atoms with E-state index < -0.39 is 0 Å². The molecule has 2 nitrogen and oxygen atoms in total. The highest BCUT2D eigenvalue weighted by molar-refractivity contribution is 5.65. The predicted molar refractivity (Wildman–Crippen MR) is 59.3 cm³/mol. The lowest BCUT2D eigenvalue weighted by atomic mass is 9.43. The topological polar surface area (TPSA) is 26.3 Å². The van der Waals surface area contributed by atoms with E-state index in [-0.39, 0.29) is 5.97 Å². The van der Waals surface area contributed by atoms with E-state index in [1.165, 1.54) is 19.8 Å². The second-order valence-electron chi connectivity index (χ2n) is 6.05. The first kappa shape index (κ1) is 11.0. The average molecular weight is 210 g/mol. The number of carbonyl (C=O) groups is 1. The predicted octanol–water partition coefficient (Wildman–Crippen LogP) is 2.87. The summed E-state index contributed by atoms with van der Waals surface area (Å²) in [7, 11) is 0. The van der Waals surface area contributed by atoms with Gasteiger partial charge in [0.2, 0.25) is 0 Å². The Kier molecular flexibility index (Phi) is 2.56. The molecule has 4 atom stereocenters. The molecule has 0 N–H and O–H groups in total. The van der Waals surface area contributed by atoms with Crippen LogP contribution in [0.25, 0.3) is 0 Å². The maximum absolute atomic E-state index is 10.8. The summed E-state index contributed by atoms with van der Waals surface area (Å²) in [5.74, 6) is 2.94. The molecule has 0 amide bonds. The van der Waals surface area contributed by atoms with Crippen LogP contribution in [0.4, 0.5) is 0 Å². The fraction of sp³-hybridized carbons (Fsp3) is 0.923. The first-order valence-corrected chi connectivity index (χ1v) is 6.06. The van der Waals surface area contributed by atoms with Crippen molar-refractivity contribution in [2.24, 2.45) is 29.1 Å². The van der Waals surface area contributed by atoms with E-state index in [1.54, 1.807) is 0 Å². The molecular weight excluding hydrogens is 188 g/mol. The Bertz CT molecular complexity index is 270. The molecule has 0 radical (unpaired) electrons. The van der Waals surface area contributed by atoms with Crippen LogP contribution in [-0.4, -0.2) is 12.6 Å². The van der Waals surface area contributed by atoms with E-state index in [4.69, 9.17) is 4.74 Å². The Balaban J connectivity index is 1.98. The normalized spacial score (nSPS) is 41.9. The molecule has 4 unspecified atom stereocenters. The van der Waals surface area contributed by atoms with Crippen molar-refractivity contribution in [3.05, 3.63) is 0 Å². The molecule has 0 aromatic heterocycles. The molecule has 3 fully saturated rings. The molecule has 0 aromatic carbocycles. The van der Waals surface area contributed by atoms with Crippen LogP contribution in [0.1, 0.15) is 40.5 Å². The van der Waals surface area contributed by atoms with Crippen molar-refractivity contribution in [3.8, 4) is 0 Å². The summed E-state index contributed by atoms with van der Waals surface area (Å²) in [6.45, 7) is 9.24. The molecule has 2 bridgehead atoms. The third-order valence-corrected chi connectivity index (χ3v) is 4.85. The first-order valence-electron chi connectivity index (χ1n) is 6.06. The minimum Gasteiger partial charge on any atom is -0.466 e. The third kappa shape index (κ3) is 1.68. The highest BCUT2D eigenvalue weighted by Crippen LogP contribution is 2.63. The smallest absolute Gasteiger partial charge is 0.302 e. The Morgan fingerprint density at radius 1 is 1.33 bits per heavy atom. The van der Waals surface area contributed by atoms with Gasteiger partial charge in [0.15, 0.2) is 0 Å². The summed E-state index contributed by atoms with van der Waals surface area (Å²) in [6.07, 6.45) is 2.59. The quantitative estimate of drug-likeness (QED) is 0.655. The number of ether oxygens (including phenoxy) is 1.